The van der Waals surface area contributed by atoms with Gasteiger partial charge in [-0.15, -0.1) is 0 Å². The van der Waals surface area contributed by atoms with Gasteiger partial charge in [-0.1, -0.05) is 0 Å². The minimum Gasteiger partial charge on any atom is -0.339 e. The third kappa shape index (κ3) is 3.02. The molecule has 19 heavy (non-hydrogen) atoms. The highest BCUT2D eigenvalue weighted by molar-refractivity contribution is 14.1. The third-order valence-electron chi connectivity index (χ3n) is 3.09. The van der Waals surface area contributed by atoms with E-state index in [1.807, 2.05) is 36.5 Å². The molecule has 1 aliphatic rings. The molecule has 0 atom stereocenters. The summed E-state index contributed by atoms with van der Waals surface area (Å²) in [6, 6.07) is 10.2. The van der Waals surface area contributed by atoms with E-state index in [2.05, 4.69) is 48.4 Å². The first-order chi connectivity index (χ1) is 9.13. The Morgan fingerprint density at radius 2 is 2.00 bits per heavy atom. The van der Waals surface area contributed by atoms with Crippen molar-refractivity contribution in [2.75, 3.05) is 5.32 Å². The molecular weight excluding hydrogens is 419 g/mol. The van der Waals surface area contributed by atoms with Crippen LogP contribution >= 0.6 is 38.5 Å². The molecule has 1 aromatic carbocycles. The van der Waals surface area contributed by atoms with Crippen LogP contribution in [0.2, 0.25) is 0 Å². The van der Waals surface area contributed by atoms with Gasteiger partial charge < -0.3 is 9.88 Å². The Bertz CT molecular complexity index is 617. The maximum absolute atomic E-state index is 12.3. The van der Waals surface area contributed by atoms with E-state index in [0.717, 1.165) is 26.6 Å². The van der Waals surface area contributed by atoms with E-state index in [1.165, 1.54) is 0 Å². The second kappa shape index (κ2) is 5.28. The highest BCUT2D eigenvalue weighted by Gasteiger charge is 2.27. The predicted octanol–water partition coefficient (Wildman–Crippen LogP) is 4.44. The van der Waals surface area contributed by atoms with E-state index in [4.69, 9.17) is 0 Å². The lowest BCUT2D eigenvalue weighted by Crippen LogP contribution is -2.16. The lowest BCUT2D eigenvalue weighted by Gasteiger charge is -2.08. The number of halogens is 2. The van der Waals surface area contributed by atoms with Gasteiger partial charge in [0.15, 0.2) is 0 Å². The van der Waals surface area contributed by atoms with Gasteiger partial charge in [0.1, 0.15) is 5.69 Å². The van der Waals surface area contributed by atoms with E-state index in [0.29, 0.717) is 11.7 Å². The van der Waals surface area contributed by atoms with E-state index >= 15 is 0 Å². The van der Waals surface area contributed by atoms with Crippen molar-refractivity contribution in [3.05, 3.63) is 50.3 Å². The Kier molecular flexibility index (Phi) is 3.66. The summed E-state index contributed by atoms with van der Waals surface area (Å²) >= 11 is 5.68. The summed E-state index contributed by atoms with van der Waals surface area (Å²) in [5.41, 5.74) is 1.54. The topological polar surface area (TPSA) is 34.0 Å². The van der Waals surface area contributed by atoms with Crippen LogP contribution in [-0.4, -0.2) is 10.5 Å². The van der Waals surface area contributed by atoms with Crippen molar-refractivity contribution in [3.63, 3.8) is 0 Å². The van der Waals surface area contributed by atoms with Gasteiger partial charge in [0, 0.05) is 26.0 Å². The molecule has 0 saturated heterocycles. The molecule has 3 nitrogen and oxygen atoms in total. The van der Waals surface area contributed by atoms with Crippen LogP contribution in [0.25, 0.3) is 0 Å². The average molecular weight is 431 g/mol. The number of nitrogens with one attached hydrogen (secondary N) is 1. The number of carbonyl (C=O) groups excluding carboxylic acids is 1. The molecule has 1 heterocycles. The zero-order valence-corrected chi connectivity index (χ0v) is 13.8. The molecule has 0 radical (unpaired) electrons. The van der Waals surface area contributed by atoms with Gasteiger partial charge in [0.25, 0.3) is 5.91 Å². The zero-order valence-electron chi connectivity index (χ0n) is 10.1. The number of hydrogen-bond donors (Lipinski definition) is 1. The fraction of sp³-hybridized carbons (Fsp3) is 0.214. The Morgan fingerprint density at radius 1 is 1.32 bits per heavy atom. The van der Waals surface area contributed by atoms with Crippen LogP contribution in [-0.2, 0) is 0 Å². The minimum atomic E-state index is -0.0567. The van der Waals surface area contributed by atoms with E-state index in [1.54, 1.807) is 0 Å². The molecule has 1 fully saturated rings. The first kappa shape index (κ1) is 13.2. The smallest absolute Gasteiger partial charge is 0.272 e. The highest BCUT2D eigenvalue weighted by Crippen LogP contribution is 2.37. The van der Waals surface area contributed by atoms with Gasteiger partial charge >= 0.3 is 0 Å². The number of nitrogens with zero attached hydrogens (tertiary/aromatic N) is 1. The van der Waals surface area contributed by atoms with Crippen LogP contribution in [0.1, 0.15) is 29.4 Å². The first-order valence-electron chi connectivity index (χ1n) is 6.08. The third-order valence-corrected chi connectivity index (χ3v) is 4.24. The standard InChI is InChI=1S/C14H12BrIN2O/c15-9-7-13(18(8-9)12-5-6-12)14(19)17-11-3-1-10(16)2-4-11/h1-4,7-8,12H,5-6H2,(H,17,19). The molecule has 1 aromatic heterocycles. The largest absolute Gasteiger partial charge is 0.339 e. The Hall–Kier alpha value is -0.820. The zero-order chi connectivity index (χ0) is 13.4. The summed E-state index contributed by atoms with van der Waals surface area (Å²) in [7, 11) is 0. The number of rotatable bonds is 3. The second-order valence-electron chi connectivity index (χ2n) is 4.64. The van der Waals surface area contributed by atoms with Gasteiger partial charge in [-0.2, -0.15) is 0 Å². The molecule has 0 aliphatic heterocycles. The van der Waals surface area contributed by atoms with E-state index in [-0.39, 0.29) is 5.91 Å². The predicted molar refractivity (Wildman–Crippen MR) is 87.5 cm³/mol. The molecule has 5 heteroatoms. The molecular formula is C14H12BrIN2O. The van der Waals surface area contributed by atoms with Crippen molar-refractivity contribution in [1.82, 2.24) is 4.57 Å². The van der Waals surface area contributed by atoms with E-state index in [9.17, 15) is 4.79 Å². The van der Waals surface area contributed by atoms with Crippen LogP contribution in [0.4, 0.5) is 5.69 Å². The highest BCUT2D eigenvalue weighted by atomic mass is 127. The van der Waals surface area contributed by atoms with Gasteiger partial charge in [-0.05, 0) is 81.7 Å². The average Bonchev–Trinajstić information content (AvgIpc) is 3.15. The van der Waals surface area contributed by atoms with E-state index < -0.39 is 0 Å². The number of aromatic nitrogens is 1. The monoisotopic (exact) mass is 430 g/mol. The Labute approximate surface area is 133 Å². The first-order valence-corrected chi connectivity index (χ1v) is 7.95. The van der Waals surface area contributed by atoms with Crippen LogP contribution < -0.4 is 5.32 Å². The summed E-state index contributed by atoms with van der Waals surface area (Å²) in [5.74, 6) is -0.0567. The van der Waals surface area contributed by atoms with Crippen molar-refractivity contribution in [2.45, 2.75) is 18.9 Å². The maximum Gasteiger partial charge on any atom is 0.272 e. The quantitative estimate of drug-likeness (QED) is 0.717. The molecule has 0 spiro atoms. The van der Waals surface area contributed by atoms with Gasteiger partial charge in [-0.25, -0.2) is 0 Å². The molecule has 1 N–H and O–H groups in total. The molecule has 1 aliphatic carbocycles. The van der Waals surface area contributed by atoms with Crippen LogP contribution in [0, 0.1) is 3.57 Å². The van der Waals surface area contributed by atoms with Gasteiger partial charge in [-0.3, -0.25) is 4.79 Å². The van der Waals surface area contributed by atoms with Gasteiger partial charge in [0.05, 0.1) is 0 Å². The number of benzene rings is 1. The normalized spacial score (nSPS) is 14.4. The summed E-state index contributed by atoms with van der Waals surface area (Å²) < 4.78 is 4.17. The molecule has 2 aromatic rings. The van der Waals surface area contributed by atoms with Crippen molar-refractivity contribution in [1.29, 1.82) is 0 Å². The molecule has 1 saturated carbocycles. The number of carbonyl (C=O) groups is 1. The summed E-state index contributed by atoms with van der Waals surface area (Å²) in [4.78, 5) is 12.3. The molecule has 3 rings (SSSR count). The van der Waals surface area contributed by atoms with Crippen LogP contribution in [0.3, 0.4) is 0 Å². The maximum atomic E-state index is 12.3. The second-order valence-corrected chi connectivity index (χ2v) is 6.80. The summed E-state index contributed by atoms with van der Waals surface area (Å²) in [5, 5.41) is 2.94. The lowest BCUT2D eigenvalue weighted by atomic mass is 10.3. The Morgan fingerprint density at radius 3 is 2.63 bits per heavy atom. The molecule has 1 amide bonds. The SMILES string of the molecule is O=C(Nc1ccc(I)cc1)c1cc(Br)cn1C1CC1. The lowest BCUT2D eigenvalue weighted by molar-refractivity contribution is 0.101. The van der Waals surface area contributed by atoms with Gasteiger partial charge in [0.2, 0.25) is 0 Å². The number of hydrogen-bond acceptors (Lipinski definition) is 1. The number of amides is 1. The molecule has 98 valence electrons. The molecule has 0 bridgehead atoms. The summed E-state index contributed by atoms with van der Waals surface area (Å²) in [6.07, 6.45) is 4.30. The molecule has 0 unspecified atom stereocenters. The minimum absolute atomic E-state index is 0.0567. The van der Waals surface area contributed by atoms with Crippen LogP contribution in [0.15, 0.2) is 41.0 Å². The Balaban J connectivity index is 1.82. The van der Waals surface area contributed by atoms with Crippen LogP contribution in [0.5, 0.6) is 0 Å². The fourth-order valence-electron chi connectivity index (χ4n) is 2.01. The number of anilines is 1. The van der Waals surface area contributed by atoms with Crippen molar-refractivity contribution in [3.8, 4) is 0 Å². The van der Waals surface area contributed by atoms with Crippen molar-refractivity contribution < 1.29 is 4.79 Å². The van der Waals surface area contributed by atoms with Crippen molar-refractivity contribution in [2.24, 2.45) is 0 Å². The van der Waals surface area contributed by atoms with Crippen molar-refractivity contribution >= 4 is 50.1 Å². The summed E-state index contributed by atoms with van der Waals surface area (Å²) in [6.45, 7) is 0. The fourth-order valence-corrected chi connectivity index (χ4v) is 2.81.